The highest BCUT2D eigenvalue weighted by Gasteiger charge is 2.34. The van der Waals surface area contributed by atoms with Gasteiger partial charge < -0.3 is 8.92 Å². The molecular weight excluding hydrogens is 336 g/mol. The largest absolute Gasteiger partial charge is 0.461 e. The maximum atomic E-state index is 12.8. The minimum absolute atomic E-state index is 0.0701. The number of esters is 1. The van der Waals surface area contributed by atoms with Crippen molar-refractivity contribution in [3.05, 3.63) is 21.9 Å². The fraction of sp³-hybridized carbons (Fsp3) is 0.667. The van der Waals surface area contributed by atoms with Gasteiger partial charge in [0.15, 0.2) is 5.69 Å². The van der Waals surface area contributed by atoms with E-state index < -0.39 is 38.5 Å². The molecule has 0 radical (unpaired) electrons. The Kier molecular flexibility index (Phi) is 5.03. The molecule has 0 saturated carbocycles. The predicted molar refractivity (Wildman–Crippen MR) is 86.8 cm³/mol. The van der Waals surface area contributed by atoms with Gasteiger partial charge in [0, 0.05) is 12.0 Å². The Hall–Kier alpha value is -1.90. The third kappa shape index (κ3) is 3.77. The molecule has 1 aliphatic rings. The van der Waals surface area contributed by atoms with Crippen molar-refractivity contribution < 1.29 is 22.1 Å². The Balaban J connectivity index is 2.77. The summed E-state index contributed by atoms with van der Waals surface area (Å²) in [5, 5.41) is 0. The second-order valence-corrected chi connectivity index (χ2v) is 7.99. The van der Waals surface area contributed by atoms with E-state index in [1.807, 2.05) is 13.8 Å². The van der Waals surface area contributed by atoms with E-state index in [1.165, 1.54) is 4.57 Å². The summed E-state index contributed by atoms with van der Waals surface area (Å²) in [7, 11) is -4.00. The summed E-state index contributed by atoms with van der Waals surface area (Å²) >= 11 is 0. The first kappa shape index (κ1) is 18.4. The number of hydrogen-bond donors (Lipinski definition) is 0. The lowest BCUT2D eigenvalue weighted by Gasteiger charge is -2.25. The lowest BCUT2D eigenvalue weighted by molar-refractivity contribution is 0.0515. The van der Waals surface area contributed by atoms with Crippen molar-refractivity contribution in [3.8, 4) is 5.75 Å². The molecule has 2 heterocycles. The molecule has 0 atom stereocenters. The quantitative estimate of drug-likeness (QED) is 0.588. The number of carbonyl (C=O) groups is 1. The minimum atomic E-state index is -4.00. The zero-order valence-corrected chi connectivity index (χ0v) is 15.1. The van der Waals surface area contributed by atoms with E-state index in [1.54, 1.807) is 6.92 Å². The van der Waals surface area contributed by atoms with E-state index >= 15 is 0 Å². The highest BCUT2D eigenvalue weighted by Crippen LogP contribution is 2.31. The van der Waals surface area contributed by atoms with Crippen LogP contribution in [-0.2, 0) is 26.8 Å². The normalized spacial score (nSPS) is 16.8. The average Bonchev–Trinajstić information content (AvgIpc) is 2.59. The Morgan fingerprint density at radius 2 is 2.00 bits per heavy atom. The summed E-state index contributed by atoms with van der Waals surface area (Å²) in [5.74, 6) is -1.04. The van der Waals surface area contributed by atoms with Crippen molar-refractivity contribution in [2.45, 2.75) is 52.0 Å². The average molecular weight is 358 g/mol. The summed E-state index contributed by atoms with van der Waals surface area (Å²) in [6.45, 7) is 5.94. The molecular formula is C15H22N2O6S. The van der Waals surface area contributed by atoms with Crippen molar-refractivity contribution in [1.82, 2.24) is 9.55 Å². The highest BCUT2D eigenvalue weighted by molar-refractivity contribution is 7.86. The Labute approximate surface area is 140 Å². The lowest BCUT2D eigenvalue weighted by Crippen LogP contribution is -2.35. The second-order valence-electron chi connectivity index (χ2n) is 6.42. The maximum absolute atomic E-state index is 12.8. The van der Waals surface area contributed by atoms with Crippen molar-refractivity contribution in [3.63, 3.8) is 0 Å². The van der Waals surface area contributed by atoms with E-state index in [0.717, 1.165) is 25.5 Å². The summed E-state index contributed by atoms with van der Waals surface area (Å²) in [5.41, 5.74) is -1.50. The fourth-order valence-electron chi connectivity index (χ4n) is 2.77. The molecule has 0 aromatic carbocycles. The zero-order chi connectivity index (χ0) is 18.1. The molecule has 0 amide bonds. The molecule has 2 rings (SSSR count). The van der Waals surface area contributed by atoms with Crippen LogP contribution in [0.15, 0.2) is 4.79 Å². The van der Waals surface area contributed by atoms with Gasteiger partial charge in [-0.2, -0.15) is 8.42 Å². The summed E-state index contributed by atoms with van der Waals surface area (Å²) in [6.07, 6.45) is 3.26. The number of aromatic nitrogens is 2. The molecule has 0 spiro atoms. The lowest BCUT2D eigenvalue weighted by atomic mass is 9.87. The van der Waals surface area contributed by atoms with E-state index in [0.29, 0.717) is 12.4 Å². The molecule has 0 fully saturated rings. The van der Waals surface area contributed by atoms with Crippen LogP contribution < -0.4 is 9.74 Å². The third-order valence-electron chi connectivity index (χ3n) is 3.87. The van der Waals surface area contributed by atoms with Gasteiger partial charge in [0.05, 0.1) is 12.9 Å². The molecule has 9 heteroatoms. The summed E-state index contributed by atoms with van der Waals surface area (Å²) < 4.78 is 34.1. The molecule has 0 N–H and O–H groups in total. The first-order valence-corrected chi connectivity index (χ1v) is 9.60. The van der Waals surface area contributed by atoms with Crippen LogP contribution >= 0.6 is 0 Å². The van der Waals surface area contributed by atoms with Gasteiger partial charge in [-0.1, -0.05) is 20.3 Å². The van der Waals surface area contributed by atoms with Crippen LogP contribution in [0.3, 0.4) is 0 Å². The fourth-order valence-corrected chi connectivity index (χ4v) is 3.23. The third-order valence-corrected chi connectivity index (χ3v) is 4.34. The number of carbonyl (C=O) groups excluding carboxylic acids is 1. The van der Waals surface area contributed by atoms with Crippen LogP contribution in [0.1, 0.15) is 56.3 Å². The van der Waals surface area contributed by atoms with Gasteiger partial charge >= 0.3 is 16.1 Å². The van der Waals surface area contributed by atoms with Crippen LogP contribution in [-0.4, -0.2) is 36.8 Å². The Bertz CT molecular complexity index is 810. The molecule has 0 aliphatic carbocycles. The highest BCUT2D eigenvalue weighted by atomic mass is 32.2. The van der Waals surface area contributed by atoms with Crippen LogP contribution in [0.4, 0.5) is 0 Å². The van der Waals surface area contributed by atoms with Crippen LogP contribution in [0.5, 0.6) is 5.75 Å². The number of rotatable bonds is 4. The molecule has 24 heavy (non-hydrogen) atoms. The van der Waals surface area contributed by atoms with E-state index in [4.69, 9.17) is 8.92 Å². The Morgan fingerprint density at radius 3 is 2.58 bits per heavy atom. The first-order chi connectivity index (χ1) is 11.1. The number of fused-ring (bicyclic) bond motifs is 1. The van der Waals surface area contributed by atoms with E-state index in [9.17, 15) is 18.0 Å². The van der Waals surface area contributed by atoms with Gasteiger partial charge in [0.2, 0.25) is 5.75 Å². The van der Waals surface area contributed by atoms with Gasteiger partial charge in [-0.05, 0) is 19.8 Å². The van der Waals surface area contributed by atoms with Crippen molar-refractivity contribution in [2.24, 2.45) is 0 Å². The van der Waals surface area contributed by atoms with Gasteiger partial charge in [-0.3, -0.25) is 9.36 Å². The monoisotopic (exact) mass is 358 g/mol. The minimum Gasteiger partial charge on any atom is -0.461 e. The molecule has 1 aliphatic heterocycles. The molecule has 134 valence electrons. The Morgan fingerprint density at radius 1 is 1.33 bits per heavy atom. The van der Waals surface area contributed by atoms with Crippen molar-refractivity contribution >= 4 is 16.1 Å². The standard InChI is InChI=1S/C15H22N2O6S/c1-5-22-13(19)10-11(23-24(4,20)21)12(18)17-9-7-6-8-15(2,3)14(17)16-10/h5-9H2,1-4H3. The molecule has 1 aromatic heterocycles. The topological polar surface area (TPSA) is 105 Å². The molecule has 0 bridgehead atoms. The summed E-state index contributed by atoms with van der Waals surface area (Å²) in [4.78, 5) is 29.3. The first-order valence-electron chi connectivity index (χ1n) is 7.78. The van der Waals surface area contributed by atoms with Gasteiger partial charge in [0.25, 0.3) is 5.56 Å². The van der Waals surface area contributed by atoms with Gasteiger partial charge in [0.1, 0.15) is 5.82 Å². The molecule has 8 nitrogen and oxygen atoms in total. The van der Waals surface area contributed by atoms with E-state index in [-0.39, 0.29) is 6.61 Å². The predicted octanol–water partition coefficient (Wildman–Crippen LogP) is 1.22. The van der Waals surface area contributed by atoms with Gasteiger partial charge in [-0.15, -0.1) is 0 Å². The van der Waals surface area contributed by atoms with Crippen molar-refractivity contribution in [2.75, 3.05) is 12.9 Å². The molecule has 0 unspecified atom stereocenters. The second kappa shape index (κ2) is 6.54. The smallest absolute Gasteiger partial charge is 0.361 e. The SMILES string of the molecule is CCOC(=O)c1nc2n(c(=O)c1OS(C)(=O)=O)CCCCC2(C)C. The maximum Gasteiger partial charge on any atom is 0.361 e. The molecule has 0 saturated heterocycles. The van der Waals surface area contributed by atoms with Crippen molar-refractivity contribution in [1.29, 1.82) is 0 Å². The van der Waals surface area contributed by atoms with E-state index in [2.05, 4.69) is 4.98 Å². The summed E-state index contributed by atoms with van der Waals surface area (Å²) in [6, 6.07) is 0. The zero-order valence-electron chi connectivity index (χ0n) is 14.3. The van der Waals surface area contributed by atoms with Crippen LogP contribution in [0.25, 0.3) is 0 Å². The molecule has 1 aromatic rings. The van der Waals surface area contributed by atoms with Crippen LogP contribution in [0.2, 0.25) is 0 Å². The van der Waals surface area contributed by atoms with Crippen LogP contribution in [0, 0.1) is 0 Å². The van der Waals surface area contributed by atoms with Gasteiger partial charge in [-0.25, -0.2) is 9.78 Å². The number of hydrogen-bond acceptors (Lipinski definition) is 7. The number of nitrogens with zero attached hydrogens (tertiary/aromatic N) is 2. The number of ether oxygens (including phenoxy) is 1.